The van der Waals surface area contributed by atoms with Gasteiger partial charge in [0, 0.05) is 24.7 Å². The summed E-state index contributed by atoms with van der Waals surface area (Å²) in [6.45, 7) is 1.15. The third kappa shape index (κ3) is 5.29. The van der Waals surface area contributed by atoms with E-state index in [4.69, 9.17) is 23.2 Å². The smallest absolute Gasteiger partial charge is 0.244 e. The molecule has 5 nitrogen and oxygen atoms in total. The summed E-state index contributed by atoms with van der Waals surface area (Å²) in [5, 5.41) is 3.43. The first-order valence-electron chi connectivity index (χ1n) is 9.79. The van der Waals surface area contributed by atoms with Crippen LogP contribution in [0, 0.1) is 5.92 Å². The topological polar surface area (TPSA) is 66.5 Å². The summed E-state index contributed by atoms with van der Waals surface area (Å²) in [6, 6.07) is 4.39. The molecule has 8 heteroatoms. The third-order valence-electron chi connectivity index (χ3n) is 5.40. The SMILES string of the molecule is O=C(NCCC1=CCCCC1)C1CCCN(S(=O)(=O)c2cc(Cl)ccc2Cl)C1. The maximum atomic E-state index is 13.0. The van der Waals surface area contributed by atoms with Gasteiger partial charge < -0.3 is 5.32 Å². The first-order valence-corrected chi connectivity index (χ1v) is 12.0. The van der Waals surface area contributed by atoms with Crippen molar-refractivity contribution in [1.82, 2.24) is 9.62 Å². The van der Waals surface area contributed by atoms with Gasteiger partial charge in [-0.3, -0.25) is 4.79 Å². The molecule has 1 aliphatic heterocycles. The van der Waals surface area contributed by atoms with Crippen molar-refractivity contribution in [2.45, 2.75) is 49.8 Å². The van der Waals surface area contributed by atoms with E-state index in [-0.39, 0.29) is 28.3 Å². The van der Waals surface area contributed by atoms with E-state index >= 15 is 0 Å². The van der Waals surface area contributed by atoms with Crippen molar-refractivity contribution in [2.24, 2.45) is 5.92 Å². The molecule has 154 valence electrons. The van der Waals surface area contributed by atoms with Crippen LogP contribution in [0.1, 0.15) is 44.9 Å². The summed E-state index contributed by atoms with van der Waals surface area (Å²) in [5.41, 5.74) is 1.41. The van der Waals surface area contributed by atoms with Gasteiger partial charge in [0.25, 0.3) is 0 Å². The van der Waals surface area contributed by atoms with Gasteiger partial charge in [-0.25, -0.2) is 8.42 Å². The number of carbonyl (C=O) groups is 1. The highest BCUT2D eigenvalue weighted by molar-refractivity contribution is 7.89. The molecule has 1 aromatic rings. The lowest BCUT2D eigenvalue weighted by molar-refractivity contribution is -0.126. The second kappa shape index (κ2) is 9.61. The van der Waals surface area contributed by atoms with Gasteiger partial charge in [-0.15, -0.1) is 0 Å². The number of benzene rings is 1. The second-order valence-corrected chi connectivity index (χ2v) is 10.2. The molecule has 1 N–H and O–H groups in total. The summed E-state index contributed by atoms with van der Waals surface area (Å²) < 4.78 is 27.3. The number of allylic oxidation sites excluding steroid dienone is 1. The van der Waals surface area contributed by atoms with Gasteiger partial charge in [-0.2, -0.15) is 4.31 Å². The van der Waals surface area contributed by atoms with Crippen LogP contribution < -0.4 is 5.32 Å². The lowest BCUT2D eigenvalue weighted by atomic mass is 9.96. The molecule has 2 aliphatic rings. The fourth-order valence-electron chi connectivity index (χ4n) is 3.81. The Labute approximate surface area is 177 Å². The van der Waals surface area contributed by atoms with Crippen molar-refractivity contribution in [3.8, 4) is 0 Å². The Morgan fingerprint density at radius 2 is 2.04 bits per heavy atom. The maximum Gasteiger partial charge on any atom is 0.244 e. The molecule has 28 heavy (non-hydrogen) atoms. The number of nitrogens with one attached hydrogen (secondary N) is 1. The van der Waals surface area contributed by atoms with Crippen molar-refractivity contribution < 1.29 is 13.2 Å². The lowest BCUT2D eigenvalue weighted by Gasteiger charge is -2.31. The van der Waals surface area contributed by atoms with Crippen LogP contribution in [0.15, 0.2) is 34.7 Å². The molecular weight excluding hydrogens is 419 g/mol. The van der Waals surface area contributed by atoms with Crippen LogP contribution in [0.25, 0.3) is 0 Å². The van der Waals surface area contributed by atoms with Crippen LogP contribution in [0.4, 0.5) is 0 Å². The van der Waals surface area contributed by atoms with Gasteiger partial charge in [0.2, 0.25) is 15.9 Å². The Balaban J connectivity index is 1.60. The minimum Gasteiger partial charge on any atom is -0.356 e. The number of hydrogen-bond acceptors (Lipinski definition) is 3. The van der Waals surface area contributed by atoms with Crippen molar-refractivity contribution in [1.29, 1.82) is 0 Å². The van der Waals surface area contributed by atoms with Crippen LogP contribution in [0.5, 0.6) is 0 Å². The molecule has 1 aromatic carbocycles. The van der Waals surface area contributed by atoms with Crippen molar-refractivity contribution in [3.63, 3.8) is 0 Å². The zero-order valence-electron chi connectivity index (χ0n) is 15.8. The zero-order valence-corrected chi connectivity index (χ0v) is 18.1. The number of sulfonamides is 1. The van der Waals surface area contributed by atoms with Crippen LogP contribution in [0.3, 0.4) is 0 Å². The number of carbonyl (C=O) groups excluding carboxylic acids is 1. The Hall–Kier alpha value is -1.08. The van der Waals surface area contributed by atoms with E-state index in [1.807, 2.05) is 0 Å². The Kier molecular flexibility index (Phi) is 7.42. The average Bonchev–Trinajstić information content (AvgIpc) is 2.70. The average molecular weight is 445 g/mol. The van der Waals surface area contributed by atoms with Crippen molar-refractivity contribution in [3.05, 3.63) is 39.9 Å². The van der Waals surface area contributed by atoms with E-state index in [9.17, 15) is 13.2 Å². The third-order valence-corrected chi connectivity index (χ3v) is 7.98. The summed E-state index contributed by atoms with van der Waals surface area (Å²) in [7, 11) is -3.79. The molecule has 3 rings (SSSR count). The van der Waals surface area contributed by atoms with E-state index in [2.05, 4.69) is 11.4 Å². The molecule has 1 fully saturated rings. The van der Waals surface area contributed by atoms with Gasteiger partial charge in [0.1, 0.15) is 4.90 Å². The van der Waals surface area contributed by atoms with Gasteiger partial charge in [-0.05, 0) is 63.1 Å². The first kappa shape index (κ1) is 21.6. The molecule has 1 heterocycles. The molecule has 0 bridgehead atoms. The highest BCUT2D eigenvalue weighted by Crippen LogP contribution is 2.30. The highest BCUT2D eigenvalue weighted by Gasteiger charge is 2.34. The number of piperidine rings is 1. The van der Waals surface area contributed by atoms with E-state index < -0.39 is 10.0 Å². The molecule has 1 unspecified atom stereocenters. The van der Waals surface area contributed by atoms with E-state index in [1.54, 1.807) is 6.07 Å². The molecule has 0 radical (unpaired) electrons. The number of amides is 1. The lowest BCUT2D eigenvalue weighted by Crippen LogP contribution is -2.45. The van der Waals surface area contributed by atoms with E-state index in [0.29, 0.717) is 31.0 Å². The largest absolute Gasteiger partial charge is 0.356 e. The standard InChI is InChI=1S/C20H26Cl2N2O3S/c21-17-8-9-18(22)19(13-17)28(26,27)24-12-4-7-16(14-24)20(25)23-11-10-15-5-2-1-3-6-15/h5,8-9,13,16H,1-4,6-7,10-12,14H2,(H,23,25). The van der Waals surface area contributed by atoms with Crippen LogP contribution >= 0.6 is 23.2 Å². The number of rotatable bonds is 6. The molecule has 1 amide bonds. The monoisotopic (exact) mass is 444 g/mol. The number of hydrogen-bond donors (Lipinski definition) is 1. The Bertz CT molecular complexity index is 855. The van der Waals surface area contributed by atoms with Crippen molar-refractivity contribution >= 4 is 39.1 Å². The Morgan fingerprint density at radius 1 is 1.21 bits per heavy atom. The fourth-order valence-corrected chi connectivity index (χ4v) is 6.07. The van der Waals surface area contributed by atoms with Gasteiger partial charge in [0.15, 0.2) is 0 Å². The summed E-state index contributed by atoms with van der Waals surface area (Å²) in [6.07, 6.45) is 9.19. The first-order chi connectivity index (χ1) is 13.4. The van der Waals surface area contributed by atoms with Crippen molar-refractivity contribution in [2.75, 3.05) is 19.6 Å². The van der Waals surface area contributed by atoms with Crippen LogP contribution in [0.2, 0.25) is 10.0 Å². The molecule has 1 saturated heterocycles. The zero-order chi connectivity index (χ0) is 20.1. The molecule has 1 aliphatic carbocycles. The number of halogens is 2. The Morgan fingerprint density at radius 3 is 2.79 bits per heavy atom. The summed E-state index contributed by atoms with van der Waals surface area (Å²) >= 11 is 12.0. The quantitative estimate of drug-likeness (QED) is 0.660. The van der Waals surface area contributed by atoms with Crippen LogP contribution in [-0.2, 0) is 14.8 Å². The van der Waals surface area contributed by atoms with Gasteiger partial charge >= 0.3 is 0 Å². The molecule has 1 atom stereocenters. The minimum atomic E-state index is -3.79. The van der Waals surface area contributed by atoms with E-state index in [1.165, 1.54) is 34.9 Å². The van der Waals surface area contributed by atoms with Crippen LogP contribution in [-0.4, -0.2) is 38.3 Å². The predicted octanol–water partition coefficient (Wildman–Crippen LogP) is 4.40. The highest BCUT2D eigenvalue weighted by atomic mass is 35.5. The van der Waals surface area contributed by atoms with Gasteiger partial charge in [0.05, 0.1) is 10.9 Å². The van der Waals surface area contributed by atoms with E-state index in [0.717, 1.165) is 19.3 Å². The fraction of sp³-hybridized carbons (Fsp3) is 0.550. The molecule has 0 saturated carbocycles. The second-order valence-electron chi connectivity index (χ2n) is 7.43. The summed E-state index contributed by atoms with van der Waals surface area (Å²) in [4.78, 5) is 12.6. The maximum absolute atomic E-state index is 13.0. The molecule has 0 spiro atoms. The molecule has 0 aromatic heterocycles. The molecular formula is C20H26Cl2N2O3S. The normalized spacial score (nSPS) is 21.2. The number of nitrogens with zero attached hydrogens (tertiary/aromatic N) is 1. The predicted molar refractivity (Wildman–Crippen MR) is 112 cm³/mol. The van der Waals surface area contributed by atoms with Gasteiger partial charge in [-0.1, -0.05) is 34.9 Å². The minimum absolute atomic E-state index is 0.00744. The summed E-state index contributed by atoms with van der Waals surface area (Å²) in [5.74, 6) is -0.421.